The van der Waals surface area contributed by atoms with E-state index in [4.69, 9.17) is 11.6 Å². The zero-order valence-electron chi connectivity index (χ0n) is 22.2. The predicted octanol–water partition coefficient (Wildman–Crippen LogP) is 4.66. The van der Waals surface area contributed by atoms with E-state index in [1.807, 2.05) is 74.5 Å². The summed E-state index contributed by atoms with van der Waals surface area (Å²) in [6.07, 6.45) is 1.18. The summed E-state index contributed by atoms with van der Waals surface area (Å²) in [6.45, 7) is 3.83. The minimum atomic E-state index is -3.97. The van der Waals surface area contributed by atoms with Gasteiger partial charge in [-0.1, -0.05) is 86.1 Å². The van der Waals surface area contributed by atoms with Gasteiger partial charge in [-0.05, 0) is 35.2 Å². The third-order valence-electron chi connectivity index (χ3n) is 6.02. The molecular weight excluding hydrogens is 541 g/mol. The predicted molar refractivity (Wildman–Crippen MR) is 152 cm³/mol. The van der Waals surface area contributed by atoms with Crippen molar-refractivity contribution in [1.29, 1.82) is 0 Å². The van der Waals surface area contributed by atoms with Gasteiger partial charge in [0.1, 0.15) is 18.4 Å². The van der Waals surface area contributed by atoms with Crippen LogP contribution < -0.4 is 9.62 Å². The van der Waals surface area contributed by atoms with Gasteiger partial charge in [0.25, 0.3) is 0 Å². The van der Waals surface area contributed by atoms with Gasteiger partial charge < -0.3 is 10.2 Å². The molecule has 2 amide bonds. The summed E-state index contributed by atoms with van der Waals surface area (Å²) in [7, 11) is -3.97. The molecule has 0 unspecified atom stereocenters. The Hall–Kier alpha value is -3.43. The molecule has 10 heteroatoms. The second-order valence-corrected chi connectivity index (χ2v) is 12.0. The number of carbonyl (C=O) groups is 2. The molecule has 0 fully saturated rings. The topological polar surface area (TPSA) is 86.8 Å². The summed E-state index contributed by atoms with van der Waals surface area (Å²) in [4.78, 5) is 28.9. The first-order valence-corrected chi connectivity index (χ1v) is 14.8. The van der Waals surface area contributed by atoms with Gasteiger partial charge in [-0.15, -0.1) is 0 Å². The molecule has 0 aliphatic rings. The van der Waals surface area contributed by atoms with Gasteiger partial charge in [0.15, 0.2) is 0 Å². The Balaban J connectivity index is 2.03. The van der Waals surface area contributed by atoms with E-state index in [1.165, 1.54) is 11.0 Å². The maximum atomic E-state index is 13.9. The van der Waals surface area contributed by atoms with Gasteiger partial charge in [-0.25, -0.2) is 12.8 Å². The summed E-state index contributed by atoms with van der Waals surface area (Å²) in [5, 5.41) is 2.66. The number of anilines is 1. The molecule has 0 aliphatic carbocycles. The molecule has 1 N–H and O–H groups in total. The monoisotopic (exact) mass is 573 g/mol. The van der Waals surface area contributed by atoms with Gasteiger partial charge >= 0.3 is 0 Å². The van der Waals surface area contributed by atoms with Crippen molar-refractivity contribution in [1.82, 2.24) is 10.2 Å². The Labute approximate surface area is 234 Å². The molecule has 0 saturated heterocycles. The molecule has 0 bridgehead atoms. The molecule has 0 spiro atoms. The molecule has 3 rings (SSSR count). The van der Waals surface area contributed by atoms with E-state index in [1.54, 1.807) is 0 Å². The minimum Gasteiger partial charge on any atom is -0.354 e. The lowest BCUT2D eigenvalue weighted by Crippen LogP contribution is -2.53. The second kappa shape index (κ2) is 13.6. The van der Waals surface area contributed by atoms with Crippen LogP contribution >= 0.6 is 11.6 Å². The fraction of sp³-hybridized carbons (Fsp3) is 0.310. The van der Waals surface area contributed by atoms with Crippen molar-refractivity contribution >= 4 is 39.1 Å². The van der Waals surface area contributed by atoms with E-state index in [-0.39, 0.29) is 35.5 Å². The summed E-state index contributed by atoms with van der Waals surface area (Å²) >= 11 is 5.91. The highest BCUT2D eigenvalue weighted by atomic mass is 35.5. The summed E-state index contributed by atoms with van der Waals surface area (Å²) in [5.74, 6) is -1.46. The molecule has 0 radical (unpaired) electrons. The number of hydrogen-bond acceptors (Lipinski definition) is 4. The second-order valence-electron chi connectivity index (χ2n) is 9.72. The van der Waals surface area contributed by atoms with Gasteiger partial charge in [-0.3, -0.25) is 13.9 Å². The standard InChI is InChI=1S/C29H33ClFN3O4S/c1-21(2)18-32-29(36)27(16-22-10-6-4-7-11-22)33(19-23-12-8-5-9-13-23)28(35)20-34(39(3,37)38)24-14-15-26(31)25(30)17-24/h4-15,17,21,27H,16,18-20H2,1-3H3,(H,32,36)/t27-/m0/s1. The van der Waals surface area contributed by atoms with Gasteiger partial charge in [0.05, 0.1) is 17.0 Å². The van der Waals surface area contributed by atoms with Crippen molar-refractivity contribution < 1.29 is 22.4 Å². The van der Waals surface area contributed by atoms with E-state index in [9.17, 15) is 22.4 Å². The van der Waals surface area contributed by atoms with E-state index < -0.39 is 34.3 Å². The highest BCUT2D eigenvalue weighted by Gasteiger charge is 2.33. The van der Waals surface area contributed by atoms with Crippen LogP contribution in [0.4, 0.5) is 10.1 Å². The van der Waals surface area contributed by atoms with Crippen molar-refractivity contribution in [3.63, 3.8) is 0 Å². The van der Waals surface area contributed by atoms with E-state index >= 15 is 0 Å². The number of nitrogens with zero attached hydrogens (tertiary/aromatic N) is 2. The quantitative estimate of drug-likeness (QED) is 0.341. The van der Waals surface area contributed by atoms with Crippen LogP contribution in [0.5, 0.6) is 0 Å². The average Bonchev–Trinajstić information content (AvgIpc) is 2.90. The molecule has 3 aromatic carbocycles. The van der Waals surface area contributed by atoms with Crippen LogP contribution in [0.2, 0.25) is 5.02 Å². The maximum Gasteiger partial charge on any atom is 0.244 e. The summed E-state index contributed by atoms with van der Waals surface area (Å²) < 4.78 is 40.2. The number of halogens is 2. The third kappa shape index (κ3) is 8.80. The lowest BCUT2D eigenvalue weighted by molar-refractivity contribution is -0.140. The first-order chi connectivity index (χ1) is 18.5. The molecule has 0 heterocycles. The third-order valence-corrected chi connectivity index (χ3v) is 7.45. The molecular formula is C29H33ClFN3O4S. The van der Waals surface area contributed by atoms with Gasteiger partial charge in [0.2, 0.25) is 21.8 Å². The summed E-state index contributed by atoms with van der Waals surface area (Å²) in [5.41, 5.74) is 1.66. The first-order valence-electron chi connectivity index (χ1n) is 12.5. The molecule has 39 heavy (non-hydrogen) atoms. The van der Waals surface area contributed by atoms with Crippen LogP contribution in [-0.4, -0.2) is 50.5 Å². The van der Waals surface area contributed by atoms with Gasteiger partial charge in [0, 0.05) is 19.5 Å². The number of carbonyl (C=O) groups excluding carboxylic acids is 2. The van der Waals surface area contributed by atoms with Crippen LogP contribution in [0.15, 0.2) is 78.9 Å². The highest BCUT2D eigenvalue weighted by Crippen LogP contribution is 2.25. The largest absolute Gasteiger partial charge is 0.354 e. The number of rotatable bonds is 12. The van der Waals surface area contributed by atoms with Crippen LogP contribution in [0.1, 0.15) is 25.0 Å². The zero-order chi connectivity index (χ0) is 28.6. The number of benzene rings is 3. The van der Waals surface area contributed by atoms with Crippen LogP contribution in [0.3, 0.4) is 0 Å². The lowest BCUT2D eigenvalue weighted by atomic mass is 10.0. The fourth-order valence-corrected chi connectivity index (χ4v) is 5.03. The van der Waals surface area contributed by atoms with Crippen molar-refractivity contribution in [2.24, 2.45) is 5.92 Å². The van der Waals surface area contributed by atoms with Crippen molar-refractivity contribution in [2.45, 2.75) is 32.9 Å². The van der Waals surface area contributed by atoms with E-state index in [0.29, 0.717) is 6.54 Å². The Morgan fingerprint density at radius 3 is 2.08 bits per heavy atom. The Kier molecular flexibility index (Phi) is 10.5. The summed E-state index contributed by atoms with van der Waals surface area (Å²) in [6, 6.07) is 21.0. The lowest BCUT2D eigenvalue weighted by Gasteiger charge is -2.33. The van der Waals surface area contributed by atoms with Gasteiger partial charge in [-0.2, -0.15) is 0 Å². The zero-order valence-corrected chi connectivity index (χ0v) is 23.8. The molecule has 3 aromatic rings. The molecule has 208 valence electrons. The van der Waals surface area contributed by atoms with Crippen LogP contribution in [-0.2, 0) is 32.6 Å². The van der Waals surface area contributed by atoms with E-state index in [0.717, 1.165) is 33.8 Å². The maximum absolute atomic E-state index is 13.9. The Bertz CT molecular complexity index is 1370. The molecule has 7 nitrogen and oxygen atoms in total. The number of amides is 2. The molecule has 1 atom stereocenters. The molecule has 0 aliphatic heterocycles. The Morgan fingerprint density at radius 1 is 0.949 bits per heavy atom. The van der Waals surface area contributed by atoms with Crippen LogP contribution in [0.25, 0.3) is 0 Å². The average molecular weight is 574 g/mol. The smallest absolute Gasteiger partial charge is 0.244 e. The number of hydrogen-bond donors (Lipinski definition) is 1. The van der Waals surface area contributed by atoms with E-state index in [2.05, 4.69) is 5.32 Å². The number of sulfonamides is 1. The Morgan fingerprint density at radius 2 is 1.54 bits per heavy atom. The first kappa shape index (κ1) is 30.1. The SMILES string of the molecule is CC(C)CNC(=O)[C@H](Cc1ccccc1)N(Cc1ccccc1)C(=O)CN(c1ccc(F)c(Cl)c1)S(C)(=O)=O. The molecule has 0 saturated carbocycles. The molecule has 0 aromatic heterocycles. The van der Waals surface area contributed by atoms with Crippen LogP contribution in [0, 0.1) is 11.7 Å². The number of nitrogens with one attached hydrogen (secondary N) is 1. The van der Waals surface area contributed by atoms with Crippen molar-refractivity contribution in [3.8, 4) is 0 Å². The fourth-order valence-electron chi connectivity index (χ4n) is 4.01. The normalized spacial score (nSPS) is 12.2. The minimum absolute atomic E-state index is 0.0424. The van der Waals surface area contributed by atoms with Crippen molar-refractivity contribution in [3.05, 3.63) is 101 Å². The highest BCUT2D eigenvalue weighted by molar-refractivity contribution is 7.92. The van der Waals surface area contributed by atoms with Crippen molar-refractivity contribution in [2.75, 3.05) is 23.7 Å².